The predicted octanol–water partition coefficient (Wildman–Crippen LogP) is 1.24. The second kappa shape index (κ2) is 8.89. The highest BCUT2D eigenvalue weighted by atomic mass is 16.3. The van der Waals surface area contributed by atoms with Crippen LogP contribution in [0.15, 0.2) is 12.2 Å². The smallest absolute Gasteiger partial charge is 0.0524 e. The fraction of sp³-hybridized carbons (Fsp3) is 0.833. The number of nitrogens with zero attached hydrogens (tertiary/aromatic N) is 1. The Labute approximate surface area is 94.2 Å². The molecule has 0 aromatic rings. The molecule has 0 saturated carbocycles. The molecule has 0 aliphatic heterocycles. The van der Waals surface area contributed by atoms with Gasteiger partial charge in [-0.25, -0.2) is 0 Å². The van der Waals surface area contributed by atoms with E-state index < -0.39 is 0 Å². The molecule has 0 amide bonds. The van der Waals surface area contributed by atoms with Crippen LogP contribution in [0.2, 0.25) is 0 Å². The molecule has 0 bridgehead atoms. The van der Waals surface area contributed by atoms with Gasteiger partial charge in [0.2, 0.25) is 0 Å². The summed E-state index contributed by atoms with van der Waals surface area (Å²) in [6.45, 7) is 11.8. The van der Waals surface area contributed by atoms with Crippen LogP contribution in [0.1, 0.15) is 26.7 Å². The average Bonchev–Trinajstić information content (AvgIpc) is 2.15. The third-order valence-corrected chi connectivity index (χ3v) is 2.22. The number of aliphatic hydroxyl groups is 1. The molecular weight excluding hydrogens is 188 g/mol. The van der Waals surface area contributed by atoms with Crippen LogP contribution in [0.4, 0.5) is 0 Å². The second-order valence-corrected chi connectivity index (χ2v) is 4.30. The zero-order valence-electron chi connectivity index (χ0n) is 10.4. The first-order valence-electron chi connectivity index (χ1n) is 5.80. The second-order valence-electron chi connectivity index (χ2n) is 4.30. The number of hydrogen-bond donors (Lipinski definition) is 2. The number of hydrogen-bond acceptors (Lipinski definition) is 3. The van der Waals surface area contributed by atoms with Crippen LogP contribution in [-0.4, -0.2) is 49.3 Å². The highest BCUT2D eigenvalue weighted by molar-refractivity contribution is 4.99. The quantitative estimate of drug-likeness (QED) is 0.448. The number of likely N-dealkylation sites (N-methyl/N-ethyl adjacent to an activating group) is 1. The summed E-state index contributed by atoms with van der Waals surface area (Å²) in [6.07, 6.45) is 1.77. The lowest BCUT2D eigenvalue weighted by molar-refractivity contribution is 0.167. The van der Waals surface area contributed by atoms with E-state index in [9.17, 15) is 0 Å². The molecule has 0 saturated heterocycles. The monoisotopic (exact) mass is 214 g/mol. The summed E-state index contributed by atoms with van der Waals surface area (Å²) in [7, 11) is 2.06. The largest absolute Gasteiger partial charge is 0.393 e. The van der Waals surface area contributed by atoms with Crippen molar-refractivity contribution in [1.82, 2.24) is 10.2 Å². The maximum Gasteiger partial charge on any atom is 0.0524 e. The summed E-state index contributed by atoms with van der Waals surface area (Å²) < 4.78 is 0. The zero-order valence-corrected chi connectivity index (χ0v) is 10.4. The maximum absolute atomic E-state index is 9.15. The normalized spacial score (nSPS) is 13.1. The van der Waals surface area contributed by atoms with E-state index >= 15 is 0 Å². The van der Waals surface area contributed by atoms with E-state index in [1.54, 1.807) is 0 Å². The first-order chi connectivity index (χ1) is 7.06. The van der Waals surface area contributed by atoms with Crippen molar-refractivity contribution < 1.29 is 5.11 Å². The zero-order chi connectivity index (χ0) is 11.7. The summed E-state index contributed by atoms with van der Waals surface area (Å²) in [4.78, 5) is 2.20. The molecular formula is C12H26N2O. The third-order valence-electron chi connectivity index (χ3n) is 2.22. The van der Waals surface area contributed by atoms with Crippen molar-refractivity contribution in [3.63, 3.8) is 0 Å². The first-order valence-corrected chi connectivity index (χ1v) is 5.80. The highest BCUT2D eigenvalue weighted by Crippen LogP contribution is 1.97. The van der Waals surface area contributed by atoms with Crippen LogP contribution in [0.5, 0.6) is 0 Å². The predicted molar refractivity (Wildman–Crippen MR) is 66.1 cm³/mol. The van der Waals surface area contributed by atoms with Gasteiger partial charge in [-0.1, -0.05) is 13.5 Å². The van der Waals surface area contributed by atoms with Crippen LogP contribution in [0, 0.1) is 0 Å². The highest BCUT2D eigenvalue weighted by Gasteiger charge is 2.03. The molecule has 3 heteroatoms. The molecule has 2 N–H and O–H groups in total. The molecule has 0 fully saturated rings. The molecule has 0 aromatic carbocycles. The lowest BCUT2D eigenvalue weighted by atomic mass is 10.2. The van der Waals surface area contributed by atoms with Crippen LogP contribution in [0.3, 0.4) is 0 Å². The summed E-state index contributed by atoms with van der Waals surface area (Å²) in [5, 5.41) is 12.5. The van der Waals surface area contributed by atoms with Gasteiger partial charge in [-0.15, -0.1) is 0 Å². The Kier molecular flexibility index (Phi) is 8.67. The third kappa shape index (κ3) is 9.91. The van der Waals surface area contributed by atoms with Crippen molar-refractivity contribution in [2.75, 3.05) is 33.2 Å². The van der Waals surface area contributed by atoms with Crippen molar-refractivity contribution in [3.05, 3.63) is 12.2 Å². The molecule has 1 unspecified atom stereocenters. The minimum absolute atomic E-state index is 0.209. The van der Waals surface area contributed by atoms with E-state index in [2.05, 4.69) is 30.8 Å². The molecule has 0 aromatic heterocycles. The minimum Gasteiger partial charge on any atom is -0.393 e. The van der Waals surface area contributed by atoms with Crippen LogP contribution in [0.25, 0.3) is 0 Å². The van der Waals surface area contributed by atoms with Gasteiger partial charge >= 0.3 is 0 Å². The number of aliphatic hydroxyl groups excluding tert-OH is 1. The first kappa shape index (κ1) is 14.6. The summed E-state index contributed by atoms with van der Waals surface area (Å²) in [6, 6.07) is 0. The molecule has 0 aliphatic rings. The lowest BCUT2D eigenvalue weighted by Crippen LogP contribution is -2.28. The Morgan fingerprint density at radius 1 is 1.53 bits per heavy atom. The molecule has 3 nitrogen and oxygen atoms in total. The lowest BCUT2D eigenvalue weighted by Gasteiger charge is -2.19. The van der Waals surface area contributed by atoms with E-state index in [4.69, 9.17) is 5.11 Å². The van der Waals surface area contributed by atoms with E-state index in [-0.39, 0.29) is 6.10 Å². The SMILES string of the molecule is C=C(CNCCC)CN(C)CCC(C)O. The van der Waals surface area contributed by atoms with Crippen molar-refractivity contribution in [2.45, 2.75) is 32.8 Å². The van der Waals surface area contributed by atoms with Gasteiger partial charge in [-0.3, -0.25) is 0 Å². The van der Waals surface area contributed by atoms with Gasteiger partial charge < -0.3 is 15.3 Å². The Morgan fingerprint density at radius 2 is 2.20 bits per heavy atom. The van der Waals surface area contributed by atoms with Gasteiger partial charge in [-0.05, 0) is 38.9 Å². The molecule has 0 rings (SSSR count). The van der Waals surface area contributed by atoms with E-state index in [0.29, 0.717) is 0 Å². The topological polar surface area (TPSA) is 35.5 Å². The van der Waals surface area contributed by atoms with Crippen LogP contribution < -0.4 is 5.32 Å². The molecule has 0 aliphatic carbocycles. The average molecular weight is 214 g/mol. The van der Waals surface area contributed by atoms with Gasteiger partial charge in [0.05, 0.1) is 6.10 Å². The van der Waals surface area contributed by atoms with Crippen molar-refractivity contribution in [3.8, 4) is 0 Å². The van der Waals surface area contributed by atoms with Gasteiger partial charge in [0, 0.05) is 19.6 Å². The summed E-state index contributed by atoms with van der Waals surface area (Å²) >= 11 is 0. The van der Waals surface area contributed by atoms with Crippen molar-refractivity contribution in [2.24, 2.45) is 0 Å². The standard InChI is InChI=1S/C12H26N2O/c1-5-7-13-9-11(2)10-14(4)8-6-12(3)15/h12-13,15H,2,5-10H2,1,3-4H3. The van der Waals surface area contributed by atoms with Crippen molar-refractivity contribution in [1.29, 1.82) is 0 Å². The van der Waals surface area contributed by atoms with Crippen LogP contribution in [-0.2, 0) is 0 Å². The number of nitrogens with one attached hydrogen (secondary N) is 1. The molecule has 0 heterocycles. The molecule has 0 spiro atoms. The molecule has 15 heavy (non-hydrogen) atoms. The van der Waals surface area contributed by atoms with Gasteiger partial charge in [0.25, 0.3) is 0 Å². The molecule has 90 valence electrons. The molecule has 1 atom stereocenters. The fourth-order valence-electron chi connectivity index (χ4n) is 1.37. The van der Waals surface area contributed by atoms with E-state index in [1.165, 1.54) is 5.57 Å². The Balaban J connectivity index is 3.49. The summed E-state index contributed by atoms with van der Waals surface area (Å²) in [5.74, 6) is 0. The minimum atomic E-state index is -0.209. The Morgan fingerprint density at radius 3 is 2.73 bits per heavy atom. The summed E-state index contributed by atoms with van der Waals surface area (Å²) in [5.41, 5.74) is 1.21. The van der Waals surface area contributed by atoms with Gasteiger partial charge in [0.15, 0.2) is 0 Å². The fourth-order valence-corrected chi connectivity index (χ4v) is 1.37. The Bertz CT molecular complexity index is 169. The van der Waals surface area contributed by atoms with Crippen LogP contribution >= 0.6 is 0 Å². The van der Waals surface area contributed by atoms with E-state index in [0.717, 1.165) is 39.0 Å². The maximum atomic E-state index is 9.15. The molecule has 0 radical (unpaired) electrons. The van der Waals surface area contributed by atoms with E-state index in [1.807, 2.05) is 6.92 Å². The van der Waals surface area contributed by atoms with Gasteiger partial charge in [-0.2, -0.15) is 0 Å². The van der Waals surface area contributed by atoms with Gasteiger partial charge in [0.1, 0.15) is 0 Å². The van der Waals surface area contributed by atoms with Crippen molar-refractivity contribution >= 4 is 0 Å². The Hall–Kier alpha value is -0.380. The number of rotatable bonds is 9.